The van der Waals surface area contributed by atoms with Gasteiger partial charge in [0.25, 0.3) is 0 Å². The van der Waals surface area contributed by atoms with Crippen LogP contribution in [0.25, 0.3) is 0 Å². The Morgan fingerprint density at radius 1 is 0.710 bits per heavy atom. The number of hydrogen-bond donors (Lipinski definition) is 1. The van der Waals surface area contributed by atoms with E-state index in [-0.39, 0.29) is 17.3 Å². The van der Waals surface area contributed by atoms with Crippen molar-refractivity contribution in [2.24, 2.45) is 4.99 Å². The van der Waals surface area contributed by atoms with E-state index in [1.165, 1.54) is 0 Å². The molecule has 31 heavy (non-hydrogen) atoms. The Morgan fingerprint density at radius 2 is 1.23 bits per heavy atom. The molecule has 0 bridgehead atoms. The van der Waals surface area contributed by atoms with Crippen LogP contribution in [0.1, 0.15) is 33.4 Å². The number of hydrogen-bond acceptors (Lipinski definition) is 2. The number of aryl methyl sites for hydroxylation is 2. The van der Waals surface area contributed by atoms with Crippen LogP contribution in [0, 0.1) is 13.8 Å². The van der Waals surface area contributed by atoms with Crippen molar-refractivity contribution in [3.63, 3.8) is 0 Å². The third-order valence-electron chi connectivity index (χ3n) is 4.54. The number of thiol groups is 1. The van der Waals surface area contributed by atoms with Crippen molar-refractivity contribution in [1.82, 2.24) is 0 Å². The lowest BCUT2D eigenvalue weighted by atomic mass is 9.96. The number of benzene rings is 3. The lowest BCUT2D eigenvalue weighted by Crippen LogP contribution is -2.14. The fraction of sp³-hybridized carbons (Fsp3) is 0.174. The molecule has 1 nitrogen and oxygen atoms in total. The van der Waals surface area contributed by atoms with Gasteiger partial charge in [0.05, 0.1) is 22.5 Å². The molecule has 0 saturated heterocycles. The fourth-order valence-electron chi connectivity index (χ4n) is 2.96. The molecule has 0 aliphatic carbocycles. The van der Waals surface area contributed by atoms with Crippen molar-refractivity contribution in [3.05, 3.63) is 94.0 Å². The summed E-state index contributed by atoms with van der Waals surface area (Å²) in [6, 6.07) is 13.2. The van der Waals surface area contributed by atoms with Gasteiger partial charge in [-0.3, -0.25) is 0 Å². The number of rotatable bonds is 3. The maximum absolute atomic E-state index is 13.4. The van der Waals surface area contributed by atoms with Crippen LogP contribution >= 0.6 is 12.6 Å². The van der Waals surface area contributed by atoms with Gasteiger partial charge in [-0.1, -0.05) is 29.3 Å². The van der Waals surface area contributed by atoms with Crippen molar-refractivity contribution < 1.29 is 26.3 Å². The van der Waals surface area contributed by atoms with Gasteiger partial charge in [-0.05, 0) is 56.3 Å². The van der Waals surface area contributed by atoms with E-state index >= 15 is 0 Å². The van der Waals surface area contributed by atoms with Crippen LogP contribution < -0.4 is 0 Å². The first-order valence-corrected chi connectivity index (χ1v) is 9.54. The van der Waals surface area contributed by atoms with E-state index < -0.39 is 23.5 Å². The largest absolute Gasteiger partial charge is 0.416 e. The summed E-state index contributed by atoms with van der Waals surface area (Å²) in [6.45, 7) is 3.61. The molecule has 3 aromatic rings. The van der Waals surface area contributed by atoms with Crippen molar-refractivity contribution in [2.75, 3.05) is 0 Å². The first-order chi connectivity index (χ1) is 14.3. The number of alkyl halides is 6. The zero-order valence-corrected chi connectivity index (χ0v) is 17.3. The number of halogens is 6. The summed E-state index contributed by atoms with van der Waals surface area (Å²) in [7, 11) is 0. The van der Waals surface area contributed by atoms with Gasteiger partial charge in [-0.2, -0.15) is 26.3 Å². The third-order valence-corrected chi connectivity index (χ3v) is 4.93. The average molecular weight is 453 g/mol. The van der Waals surface area contributed by atoms with E-state index in [1.807, 2.05) is 6.92 Å². The minimum Gasteiger partial charge on any atom is -0.248 e. The molecule has 3 rings (SSSR count). The van der Waals surface area contributed by atoms with Crippen molar-refractivity contribution >= 4 is 24.0 Å². The zero-order chi connectivity index (χ0) is 23.0. The van der Waals surface area contributed by atoms with E-state index in [0.717, 1.165) is 11.1 Å². The van der Waals surface area contributed by atoms with Gasteiger partial charge in [-0.25, -0.2) is 4.99 Å². The van der Waals surface area contributed by atoms with Crippen LogP contribution in [0.2, 0.25) is 0 Å². The second-order valence-corrected chi connectivity index (χ2v) is 7.59. The highest BCUT2D eigenvalue weighted by Gasteiger charge is 2.37. The average Bonchev–Trinajstić information content (AvgIpc) is 2.68. The second-order valence-electron chi connectivity index (χ2n) is 7.11. The molecule has 0 N–H and O–H groups in total. The van der Waals surface area contributed by atoms with Crippen LogP contribution in [-0.4, -0.2) is 5.71 Å². The monoisotopic (exact) mass is 453 g/mol. The molecule has 0 amide bonds. The van der Waals surface area contributed by atoms with Gasteiger partial charge in [0.2, 0.25) is 0 Å². The topological polar surface area (TPSA) is 12.4 Å². The maximum atomic E-state index is 13.4. The summed E-state index contributed by atoms with van der Waals surface area (Å²) < 4.78 is 80.4. The lowest BCUT2D eigenvalue weighted by molar-refractivity contribution is -0.143. The Kier molecular flexibility index (Phi) is 6.23. The molecule has 0 spiro atoms. The number of aliphatic imine (C=N–C) groups is 1. The van der Waals surface area contributed by atoms with E-state index in [1.54, 1.807) is 49.4 Å². The summed E-state index contributed by atoms with van der Waals surface area (Å²) in [6.07, 6.45) is -9.91. The Bertz CT molecular complexity index is 1100. The predicted molar refractivity (Wildman–Crippen MR) is 111 cm³/mol. The minimum atomic E-state index is -4.96. The standard InChI is InChI=1S/C23H17F6NS/c1-13-3-6-18(7-4-13)30-21(19-9-14(2)5-8-20(19)31)15-10-16(22(24,25)26)12-17(11-15)23(27,28)29/h3-12,31H,1-2H3. The number of nitrogens with zero attached hydrogens (tertiary/aromatic N) is 1. The van der Waals surface area contributed by atoms with E-state index in [4.69, 9.17) is 0 Å². The molecule has 0 heterocycles. The molecule has 3 aromatic carbocycles. The van der Waals surface area contributed by atoms with Crippen LogP contribution in [0.15, 0.2) is 70.6 Å². The molecule has 0 aliphatic rings. The van der Waals surface area contributed by atoms with E-state index in [0.29, 0.717) is 28.3 Å². The highest BCUT2D eigenvalue weighted by molar-refractivity contribution is 7.80. The third kappa shape index (κ3) is 5.50. The van der Waals surface area contributed by atoms with Gasteiger partial charge >= 0.3 is 12.4 Å². The summed E-state index contributed by atoms with van der Waals surface area (Å²) in [4.78, 5) is 4.80. The zero-order valence-electron chi connectivity index (χ0n) is 16.4. The molecule has 162 valence electrons. The van der Waals surface area contributed by atoms with Crippen molar-refractivity contribution in [2.45, 2.75) is 31.1 Å². The quantitative estimate of drug-likeness (QED) is 0.236. The molecule has 0 saturated carbocycles. The van der Waals surface area contributed by atoms with Gasteiger partial charge in [0.15, 0.2) is 0 Å². The van der Waals surface area contributed by atoms with Crippen molar-refractivity contribution in [3.8, 4) is 0 Å². The van der Waals surface area contributed by atoms with E-state index in [9.17, 15) is 26.3 Å². The fourth-order valence-corrected chi connectivity index (χ4v) is 3.20. The molecular formula is C23H17F6NS. The predicted octanol–water partition coefficient (Wildman–Crippen LogP) is 7.80. The van der Waals surface area contributed by atoms with Crippen LogP contribution in [-0.2, 0) is 12.4 Å². The summed E-state index contributed by atoms with van der Waals surface area (Å²) in [5.74, 6) is 0. The smallest absolute Gasteiger partial charge is 0.248 e. The first kappa shape index (κ1) is 22.9. The van der Waals surface area contributed by atoms with Crippen molar-refractivity contribution in [1.29, 1.82) is 0 Å². The summed E-state index contributed by atoms with van der Waals surface area (Å²) in [5.41, 5.74) is -0.726. The Labute approximate surface area is 180 Å². The molecule has 0 aliphatic heterocycles. The summed E-state index contributed by atoms with van der Waals surface area (Å²) >= 11 is 4.36. The summed E-state index contributed by atoms with van der Waals surface area (Å²) in [5, 5.41) is 0. The first-order valence-electron chi connectivity index (χ1n) is 9.10. The Balaban J connectivity index is 2.34. The second kappa shape index (κ2) is 8.42. The highest BCUT2D eigenvalue weighted by atomic mass is 32.1. The van der Waals surface area contributed by atoms with Gasteiger partial charge in [-0.15, -0.1) is 12.6 Å². The lowest BCUT2D eigenvalue weighted by Gasteiger charge is -2.17. The minimum absolute atomic E-state index is 0.0332. The molecule has 8 heteroatoms. The SMILES string of the molecule is Cc1ccc(N=C(c2cc(C(F)(F)F)cc(C(F)(F)F)c2)c2cc(C)ccc2S)cc1. The Morgan fingerprint density at radius 3 is 1.74 bits per heavy atom. The molecule has 0 radical (unpaired) electrons. The van der Waals surface area contributed by atoms with Gasteiger partial charge in [0.1, 0.15) is 0 Å². The molecular weight excluding hydrogens is 436 g/mol. The molecule has 0 atom stereocenters. The molecule has 0 fully saturated rings. The highest BCUT2D eigenvalue weighted by Crippen LogP contribution is 2.37. The van der Waals surface area contributed by atoms with Crippen LogP contribution in [0.5, 0.6) is 0 Å². The van der Waals surface area contributed by atoms with Gasteiger partial charge < -0.3 is 0 Å². The van der Waals surface area contributed by atoms with Crippen LogP contribution in [0.4, 0.5) is 32.0 Å². The maximum Gasteiger partial charge on any atom is 0.416 e. The normalized spacial score (nSPS) is 12.9. The molecule has 0 unspecified atom stereocenters. The van der Waals surface area contributed by atoms with Gasteiger partial charge in [0, 0.05) is 16.0 Å². The molecule has 0 aromatic heterocycles. The van der Waals surface area contributed by atoms with E-state index in [2.05, 4.69) is 17.6 Å². The Hall–Kier alpha value is -2.74. The van der Waals surface area contributed by atoms with Crippen LogP contribution in [0.3, 0.4) is 0 Å².